The van der Waals surface area contributed by atoms with Crippen LogP contribution in [-0.2, 0) is 6.54 Å². The number of hydrogen-bond acceptors (Lipinski definition) is 2. The van der Waals surface area contributed by atoms with E-state index in [0.29, 0.717) is 5.92 Å². The monoisotopic (exact) mass is 247 g/mol. The van der Waals surface area contributed by atoms with Crippen LogP contribution in [0.2, 0.25) is 0 Å². The second-order valence-electron chi connectivity index (χ2n) is 5.43. The molecule has 1 N–H and O–H groups in total. The Bertz CT molecular complexity index is 356. The van der Waals surface area contributed by atoms with Crippen molar-refractivity contribution in [2.75, 3.05) is 13.1 Å². The van der Waals surface area contributed by atoms with E-state index in [1.807, 2.05) is 0 Å². The van der Waals surface area contributed by atoms with Crippen LogP contribution in [0.15, 0.2) is 24.3 Å². The normalized spacial score (nSPS) is 20.8. The van der Waals surface area contributed by atoms with Crippen molar-refractivity contribution in [2.24, 2.45) is 0 Å². The van der Waals surface area contributed by atoms with Gasteiger partial charge in [-0.15, -0.1) is 0 Å². The maximum atomic E-state index is 9.52. The van der Waals surface area contributed by atoms with E-state index in [1.54, 1.807) is 0 Å². The summed E-state index contributed by atoms with van der Waals surface area (Å²) in [6.45, 7) is 7.34. The Hall–Kier alpha value is -0.860. The Morgan fingerprint density at radius 2 is 1.89 bits per heavy atom. The maximum absolute atomic E-state index is 9.52. The van der Waals surface area contributed by atoms with Crippen LogP contribution in [0.4, 0.5) is 0 Å². The molecule has 0 saturated carbocycles. The minimum atomic E-state index is -0.117. The van der Waals surface area contributed by atoms with E-state index in [1.165, 1.54) is 24.0 Å². The number of rotatable bonds is 5. The Labute approximate surface area is 111 Å². The second-order valence-corrected chi connectivity index (χ2v) is 5.43. The van der Waals surface area contributed by atoms with Crippen molar-refractivity contribution in [3.8, 4) is 0 Å². The zero-order chi connectivity index (χ0) is 13.0. The molecule has 1 atom stereocenters. The highest BCUT2D eigenvalue weighted by atomic mass is 16.3. The molecule has 100 valence electrons. The van der Waals surface area contributed by atoms with Gasteiger partial charge in [0.15, 0.2) is 0 Å². The summed E-state index contributed by atoms with van der Waals surface area (Å²) in [4.78, 5) is 2.33. The fourth-order valence-electron chi connectivity index (χ4n) is 2.87. The highest BCUT2D eigenvalue weighted by molar-refractivity contribution is 5.25. The highest BCUT2D eigenvalue weighted by Gasteiger charge is 2.19. The molecule has 0 aromatic heterocycles. The maximum Gasteiger partial charge on any atom is 0.0679 e. The van der Waals surface area contributed by atoms with Gasteiger partial charge in [-0.3, -0.25) is 4.90 Å². The third-order valence-electron chi connectivity index (χ3n) is 4.09. The molecule has 0 aliphatic carbocycles. The molecule has 0 amide bonds. The third kappa shape index (κ3) is 3.33. The number of nitrogens with zero attached hydrogens (tertiary/aromatic N) is 1. The first-order valence-electron chi connectivity index (χ1n) is 7.22. The van der Waals surface area contributed by atoms with E-state index in [-0.39, 0.29) is 6.10 Å². The second kappa shape index (κ2) is 6.35. The molecule has 1 aromatic rings. The van der Waals surface area contributed by atoms with Crippen LogP contribution >= 0.6 is 0 Å². The van der Waals surface area contributed by atoms with Gasteiger partial charge in [-0.25, -0.2) is 0 Å². The summed E-state index contributed by atoms with van der Waals surface area (Å²) in [5.41, 5.74) is 2.82. The summed E-state index contributed by atoms with van der Waals surface area (Å²) < 4.78 is 0. The van der Waals surface area contributed by atoms with Crippen LogP contribution < -0.4 is 0 Å². The lowest BCUT2D eigenvalue weighted by molar-refractivity contribution is 0.175. The number of hydrogen-bond donors (Lipinski definition) is 1. The van der Waals surface area contributed by atoms with E-state index in [4.69, 9.17) is 0 Å². The van der Waals surface area contributed by atoms with Crippen LogP contribution in [0.25, 0.3) is 0 Å². The van der Waals surface area contributed by atoms with Crippen molar-refractivity contribution in [1.82, 2.24) is 4.90 Å². The summed E-state index contributed by atoms with van der Waals surface area (Å²) in [6.07, 6.45) is 3.24. The molecule has 1 aliphatic rings. The van der Waals surface area contributed by atoms with Gasteiger partial charge < -0.3 is 5.11 Å². The van der Waals surface area contributed by atoms with Gasteiger partial charge in [0.25, 0.3) is 0 Å². The van der Waals surface area contributed by atoms with E-state index in [0.717, 1.165) is 26.1 Å². The van der Waals surface area contributed by atoms with Crippen LogP contribution in [0.3, 0.4) is 0 Å². The summed E-state index contributed by atoms with van der Waals surface area (Å²) in [7, 11) is 0. The van der Waals surface area contributed by atoms with Gasteiger partial charge >= 0.3 is 0 Å². The SMILES string of the molecule is CCC(CC)c1ccc(CN2CC[C@H](O)C2)cc1. The fourth-order valence-corrected chi connectivity index (χ4v) is 2.87. The van der Waals surface area contributed by atoms with Gasteiger partial charge in [0.05, 0.1) is 6.10 Å². The molecular formula is C16H25NO. The molecule has 0 spiro atoms. The van der Waals surface area contributed by atoms with Crippen LogP contribution in [-0.4, -0.2) is 29.2 Å². The standard InChI is InChI=1S/C16H25NO/c1-3-14(4-2)15-7-5-13(6-8-15)11-17-10-9-16(18)12-17/h5-8,14,16,18H,3-4,9-12H2,1-2H3/t16-/m0/s1. The van der Waals surface area contributed by atoms with Gasteiger partial charge in [-0.1, -0.05) is 38.1 Å². The summed E-state index contributed by atoms with van der Waals surface area (Å²) in [5.74, 6) is 0.702. The molecule has 2 rings (SSSR count). The van der Waals surface area contributed by atoms with E-state index < -0.39 is 0 Å². The van der Waals surface area contributed by atoms with Crippen molar-refractivity contribution >= 4 is 0 Å². The van der Waals surface area contributed by atoms with Gasteiger partial charge in [0.2, 0.25) is 0 Å². The minimum Gasteiger partial charge on any atom is -0.392 e. The molecule has 0 radical (unpaired) electrons. The van der Waals surface area contributed by atoms with Crippen molar-refractivity contribution in [2.45, 2.75) is 51.7 Å². The molecule has 1 aliphatic heterocycles. The quantitative estimate of drug-likeness (QED) is 0.864. The van der Waals surface area contributed by atoms with Crippen molar-refractivity contribution in [3.05, 3.63) is 35.4 Å². The van der Waals surface area contributed by atoms with Gasteiger partial charge in [-0.2, -0.15) is 0 Å². The molecule has 2 heteroatoms. The molecule has 1 saturated heterocycles. The van der Waals surface area contributed by atoms with Gasteiger partial charge in [0, 0.05) is 19.6 Å². The van der Waals surface area contributed by atoms with Gasteiger partial charge in [0.1, 0.15) is 0 Å². The molecule has 18 heavy (non-hydrogen) atoms. The molecule has 0 bridgehead atoms. The Kier molecular flexibility index (Phi) is 4.79. The number of benzene rings is 1. The molecule has 2 nitrogen and oxygen atoms in total. The lowest BCUT2D eigenvalue weighted by atomic mass is 9.93. The predicted octanol–water partition coefficient (Wildman–Crippen LogP) is 3.16. The van der Waals surface area contributed by atoms with E-state index in [2.05, 4.69) is 43.0 Å². The van der Waals surface area contributed by atoms with E-state index in [9.17, 15) is 5.11 Å². The van der Waals surface area contributed by atoms with Crippen molar-refractivity contribution < 1.29 is 5.11 Å². The fraction of sp³-hybridized carbons (Fsp3) is 0.625. The Morgan fingerprint density at radius 1 is 1.22 bits per heavy atom. The highest BCUT2D eigenvalue weighted by Crippen LogP contribution is 2.23. The first-order valence-corrected chi connectivity index (χ1v) is 7.22. The third-order valence-corrected chi connectivity index (χ3v) is 4.09. The number of β-amino-alcohol motifs (C(OH)–C–C–N with tert-alkyl or cyclic N) is 1. The topological polar surface area (TPSA) is 23.5 Å². The summed E-state index contributed by atoms with van der Waals surface area (Å²) in [6, 6.07) is 9.05. The zero-order valence-electron chi connectivity index (χ0n) is 11.6. The number of aliphatic hydroxyl groups is 1. The van der Waals surface area contributed by atoms with Gasteiger partial charge in [-0.05, 0) is 36.3 Å². The lowest BCUT2D eigenvalue weighted by Gasteiger charge is -2.17. The molecule has 0 unspecified atom stereocenters. The zero-order valence-corrected chi connectivity index (χ0v) is 11.6. The first-order chi connectivity index (χ1) is 8.72. The summed E-state index contributed by atoms with van der Waals surface area (Å²) in [5, 5.41) is 9.52. The molecule has 1 heterocycles. The smallest absolute Gasteiger partial charge is 0.0679 e. The number of likely N-dealkylation sites (tertiary alicyclic amines) is 1. The molecule has 1 fully saturated rings. The molecular weight excluding hydrogens is 222 g/mol. The van der Waals surface area contributed by atoms with Crippen LogP contribution in [0, 0.1) is 0 Å². The first kappa shape index (κ1) is 13.6. The average molecular weight is 247 g/mol. The van der Waals surface area contributed by atoms with Crippen molar-refractivity contribution in [1.29, 1.82) is 0 Å². The van der Waals surface area contributed by atoms with Crippen LogP contribution in [0.5, 0.6) is 0 Å². The Morgan fingerprint density at radius 3 is 2.39 bits per heavy atom. The lowest BCUT2D eigenvalue weighted by Crippen LogP contribution is -2.21. The minimum absolute atomic E-state index is 0.117. The van der Waals surface area contributed by atoms with E-state index >= 15 is 0 Å². The average Bonchev–Trinajstić information content (AvgIpc) is 2.78. The van der Waals surface area contributed by atoms with Crippen LogP contribution in [0.1, 0.15) is 50.2 Å². The Balaban J connectivity index is 1.95. The number of aliphatic hydroxyl groups excluding tert-OH is 1. The largest absolute Gasteiger partial charge is 0.392 e. The predicted molar refractivity (Wildman–Crippen MR) is 75.7 cm³/mol. The molecule has 1 aromatic carbocycles. The summed E-state index contributed by atoms with van der Waals surface area (Å²) >= 11 is 0. The van der Waals surface area contributed by atoms with Crippen molar-refractivity contribution in [3.63, 3.8) is 0 Å².